The summed E-state index contributed by atoms with van der Waals surface area (Å²) >= 11 is 0. The number of hydrogen-bond donors (Lipinski definition) is 3. The van der Waals surface area contributed by atoms with Crippen LogP contribution in [0.2, 0.25) is 0 Å². The number of aromatic nitrogens is 3. The van der Waals surface area contributed by atoms with Crippen LogP contribution in [0.15, 0.2) is 29.3 Å². The molecule has 0 radical (unpaired) electrons. The molecule has 0 spiro atoms. The summed E-state index contributed by atoms with van der Waals surface area (Å²) in [6.07, 6.45) is -2.31. The summed E-state index contributed by atoms with van der Waals surface area (Å²) in [6.45, 7) is 7.65. The van der Waals surface area contributed by atoms with Gasteiger partial charge in [0.1, 0.15) is 17.2 Å². The highest BCUT2D eigenvalue weighted by Gasteiger charge is 2.37. The predicted molar refractivity (Wildman–Crippen MR) is 159 cm³/mol. The lowest BCUT2D eigenvalue weighted by molar-refractivity contribution is -0.136. The first-order chi connectivity index (χ1) is 20.8. The van der Waals surface area contributed by atoms with E-state index in [2.05, 4.69) is 30.5 Å². The number of ether oxygens (including phenoxy) is 3. The van der Waals surface area contributed by atoms with Gasteiger partial charge >= 0.3 is 6.18 Å². The fourth-order valence-electron chi connectivity index (χ4n) is 5.72. The first-order valence-corrected chi connectivity index (χ1v) is 15.8. The molecule has 12 nitrogen and oxygen atoms in total. The van der Waals surface area contributed by atoms with Gasteiger partial charge in [-0.15, -0.1) is 0 Å². The molecule has 2 aliphatic rings. The molecule has 242 valence electrons. The molecule has 0 bridgehead atoms. The number of morpholine rings is 1. The predicted octanol–water partition coefficient (Wildman–Crippen LogP) is 4.05. The van der Waals surface area contributed by atoms with Gasteiger partial charge < -0.3 is 29.8 Å². The first kappa shape index (κ1) is 32.2. The van der Waals surface area contributed by atoms with E-state index in [1.165, 1.54) is 36.7 Å². The fraction of sp³-hybridized carbons (Fsp3) is 0.571. The Balaban J connectivity index is 1.39. The van der Waals surface area contributed by atoms with Gasteiger partial charge in [-0.25, -0.2) is 8.42 Å². The minimum atomic E-state index is -4.64. The van der Waals surface area contributed by atoms with E-state index in [1.807, 2.05) is 0 Å². The Labute approximate surface area is 254 Å². The number of nitrogens with one attached hydrogen (secondary N) is 3. The van der Waals surface area contributed by atoms with Crippen LogP contribution in [0.25, 0.3) is 11.0 Å². The van der Waals surface area contributed by atoms with Crippen molar-refractivity contribution in [3.63, 3.8) is 0 Å². The molecule has 0 aliphatic carbocycles. The maximum absolute atomic E-state index is 13.8. The molecule has 4 heterocycles. The Morgan fingerprint density at radius 3 is 2.43 bits per heavy atom. The Kier molecular flexibility index (Phi) is 9.28. The molecule has 16 heteroatoms. The van der Waals surface area contributed by atoms with E-state index in [0.717, 1.165) is 32.1 Å². The maximum atomic E-state index is 13.8. The van der Waals surface area contributed by atoms with E-state index >= 15 is 0 Å². The van der Waals surface area contributed by atoms with Crippen LogP contribution < -0.4 is 15.4 Å². The van der Waals surface area contributed by atoms with Gasteiger partial charge in [-0.05, 0) is 38.8 Å². The molecule has 0 unspecified atom stereocenters. The van der Waals surface area contributed by atoms with Gasteiger partial charge in [-0.2, -0.15) is 27.4 Å². The lowest BCUT2D eigenvalue weighted by Gasteiger charge is -2.39. The Morgan fingerprint density at radius 2 is 1.80 bits per heavy atom. The van der Waals surface area contributed by atoms with Crippen LogP contribution in [0.1, 0.15) is 32.3 Å². The molecule has 5 rings (SSSR count). The second-order valence-electron chi connectivity index (χ2n) is 11.5. The van der Waals surface area contributed by atoms with Crippen LogP contribution in [0, 0.1) is 0 Å². The number of H-pyrrole nitrogens is 1. The second kappa shape index (κ2) is 12.7. The lowest BCUT2D eigenvalue weighted by Crippen LogP contribution is -2.50. The van der Waals surface area contributed by atoms with Crippen molar-refractivity contribution in [2.24, 2.45) is 0 Å². The van der Waals surface area contributed by atoms with Crippen LogP contribution >= 0.6 is 0 Å². The van der Waals surface area contributed by atoms with Gasteiger partial charge in [0, 0.05) is 51.6 Å². The number of anilines is 3. The number of aromatic amines is 1. The smallest absolute Gasteiger partial charge is 0.418 e. The van der Waals surface area contributed by atoms with E-state index in [0.29, 0.717) is 38.0 Å². The molecule has 1 aromatic carbocycles. The number of benzene rings is 1. The summed E-state index contributed by atoms with van der Waals surface area (Å²) in [5.74, 6) is 0.129. The van der Waals surface area contributed by atoms with E-state index in [-0.39, 0.29) is 40.1 Å². The highest BCUT2D eigenvalue weighted by atomic mass is 32.2. The average Bonchev–Trinajstić information content (AvgIpc) is 3.43. The number of alkyl halides is 3. The van der Waals surface area contributed by atoms with Gasteiger partial charge in [0.25, 0.3) is 0 Å². The fourth-order valence-corrected chi connectivity index (χ4v) is 7.20. The maximum Gasteiger partial charge on any atom is 0.418 e. The molecular weight excluding hydrogens is 603 g/mol. The molecule has 2 aromatic heterocycles. The average molecular weight is 642 g/mol. The van der Waals surface area contributed by atoms with Crippen molar-refractivity contribution in [1.82, 2.24) is 24.2 Å². The number of rotatable bonds is 10. The van der Waals surface area contributed by atoms with Crippen LogP contribution in [0.3, 0.4) is 0 Å². The first-order valence-electron chi connectivity index (χ1n) is 14.3. The number of sulfonamides is 1. The molecule has 0 atom stereocenters. The van der Waals surface area contributed by atoms with E-state index < -0.39 is 27.3 Å². The standard InChI is InChI=1S/C28H38F3N7O5S/c1-27(2,17-41-3)36-25-23-20(28(29,30)31)16-32-24(23)34-26(35-25)33-21-6-5-19(15-22(21)42-4)44(39,40)38-9-7-18(8-10-38)37-11-13-43-14-12-37/h5-6,15-16,18H,7-14,17H2,1-4H3,(H3,32,33,34,35,36). The number of hydrogen-bond acceptors (Lipinski definition) is 10. The highest BCUT2D eigenvalue weighted by molar-refractivity contribution is 7.89. The van der Waals surface area contributed by atoms with Crippen LogP contribution in [-0.4, -0.2) is 104 Å². The van der Waals surface area contributed by atoms with Crippen LogP contribution in [0.4, 0.5) is 30.6 Å². The third-order valence-electron chi connectivity index (χ3n) is 7.84. The molecule has 3 aromatic rings. The second-order valence-corrected chi connectivity index (χ2v) is 13.5. The Hall–Kier alpha value is -3.18. The van der Waals surface area contributed by atoms with Gasteiger partial charge in [0.2, 0.25) is 16.0 Å². The largest absolute Gasteiger partial charge is 0.495 e. The van der Waals surface area contributed by atoms with Crippen molar-refractivity contribution < 1.29 is 35.8 Å². The number of methoxy groups -OCH3 is 2. The summed E-state index contributed by atoms with van der Waals surface area (Å²) in [4.78, 5) is 13.7. The number of halogens is 3. The van der Waals surface area contributed by atoms with Gasteiger partial charge in [0.15, 0.2) is 0 Å². The molecule has 0 amide bonds. The normalized spacial score (nSPS) is 18.1. The molecule has 2 saturated heterocycles. The zero-order valence-electron chi connectivity index (χ0n) is 25.1. The minimum Gasteiger partial charge on any atom is -0.495 e. The van der Waals surface area contributed by atoms with Gasteiger partial charge in [0.05, 0.1) is 54.0 Å². The lowest BCUT2D eigenvalue weighted by atomic mass is 10.0. The monoisotopic (exact) mass is 641 g/mol. The summed E-state index contributed by atoms with van der Waals surface area (Å²) < 4.78 is 86.2. The Morgan fingerprint density at radius 1 is 1.09 bits per heavy atom. The minimum absolute atomic E-state index is 0.0251. The zero-order chi connectivity index (χ0) is 31.7. The van der Waals surface area contributed by atoms with Crippen molar-refractivity contribution in [1.29, 1.82) is 0 Å². The third-order valence-corrected chi connectivity index (χ3v) is 9.74. The van der Waals surface area contributed by atoms with E-state index in [9.17, 15) is 21.6 Å². The van der Waals surface area contributed by atoms with Crippen molar-refractivity contribution in [2.75, 3.05) is 70.9 Å². The molecule has 3 N–H and O–H groups in total. The molecule has 2 fully saturated rings. The molecular formula is C28H38F3N7O5S. The van der Waals surface area contributed by atoms with Crippen molar-refractivity contribution in [3.8, 4) is 5.75 Å². The number of nitrogens with zero attached hydrogens (tertiary/aromatic N) is 4. The van der Waals surface area contributed by atoms with E-state index in [4.69, 9.17) is 14.2 Å². The molecule has 0 saturated carbocycles. The number of fused-ring (bicyclic) bond motifs is 1. The van der Waals surface area contributed by atoms with Crippen molar-refractivity contribution >= 4 is 38.5 Å². The molecule has 2 aliphatic heterocycles. The molecule has 44 heavy (non-hydrogen) atoms. The van der Waals surface area contributed by atoms with Gasteiger partial charge in [-0.1, -0.05) is 0 Å². The van der Waals surface area contributed by atoms with Crippen LogP contribution in [0.5, 0.6) is 5.75 Å². The summed E-state index contributed by atoms with van der Waals surface area (Å²) in [7, 11) is -0.902. The van der Waals surface area contributed by atoms with Crippen molar-refractivity contribution in [3.05, 3.63) is 30.0 Å². The van der Waals surface area contributed by atoms with Crippen molar-refractivity contribution in [2.45, 2.75) is 49.3 Å². The van der Waals surface area contributed by atoms with Crippen LogP contribution in [-0.2, 0) is 25.7 Å². The zero-order valence-corrected chi connectivity index (χ0v) is 25.9. The highest BCUT2D eigenvalue weighted by Crippen LogP contribution is 2.39. The summed E-state index contributed by atoms with van der Waals surface area (Å²) in [5, 5.41) is 5.81. The Bertz CT molecular complexity index is 1570. The van der Waals surface area contributed by atoms with E-state index in [1.54, 1.807) is 13.8 Å². The topological polar surface area (TPSA) is 134 Å². The van der Waals surface area contributed by atoms with Gasteiger partial charge in [-0.3, -0.25) is 4.90 Å². The summed E-state index contributed by atoms with van der Waals surface area (Å²) in [5.41, 5.74) is -1.38. The SMILES string of the molecule is COCC(C)(C)Nc1nc(Nc2ccc(S(=O)(=O)N3CCC(N4CCOCC4)CC3)cc2OC)nc2[nH]cc(C(F)(F)F)c12. The number of piperidine rings is 1. The summed E-state index contributed by atoms with van der Waals surface area (Å²) in [6, 6.07) is 4.73. The third kappa shape index (κ3) is 6.88. The quantitative estimate of drug-likeness (QED) is 0.298.